The molecule has 2 aliphatic heterocycles. The molecule has 2 amide bonds. The number of ether oxygens (including phenoxy) is 2. The van der Waals surface area contributed by atoms with Crippen molar-refractivity contribution in [2.24, 2.45) is 11.7 Å². The molecule has 1 unspecified atom stereocenters. The number of benzene rings is 1. The molecule has 8 heteroatoms. The van der Waals surface area contributed by atoms with Gasteiger partial charge in [-0.2, -0.15) is 0 Å². The summed E-state index contributed by atoms with van der Waals surface area (Å²) in [6, 6.07) is 7.98. The summed E-state index contributed by atoms with van der Waals surface area (Å²) in [6.45, 7) is 5.17. The van der Waals surface area contributed by atoms with E-state index in [2.05, 4.69) is 16.3 Å². The first kappa shape index (κ1) is 20.4. The Morgan fingerprint density at radius 2 is 1.86 bits per heavy atom. The third-order valence-corrected chi connectivity index (χ3v) is 5.57. The van der Waals surface area contributed by atoms with Crippen molar-refractivity contribution in [1.29, 1.82) is 0 Å². The van der Waals surface area contributed by atoms with E-state index in [9.17, 15) is 9.59 Å². The van der Waals surface area contributed by atoms with Gasteiger partial charge in [0.1, 0.15) is 5.75 Å². The second kappa shape index (κ2) is 9.75. The molecular weight excluding hydrogens is 360 g/mol. The van der Waals surface area contributed by atoms with Crippen LogP contribution in [0.5, 0.6) is 5.75 Å². The highest BCUT2D eigenvalue weighted by Crippen LogP contribution is 2.23. The van der Waals surface area contributed by atoms with E-state index in [1.807, 2.05) is 18.2 Å². The molecule has 0 aromatic heterocycles. The third kappa shape index (κ3) is 5.14. The number of piperazine rings is 1. The van der Waals surface area contributed by atoms with E-state index in [1.165, 1.54) is 0 Å². The molecule has 0 aliphatic carbocycles. The Labute approximate surface area is 165 Å². The van der Waals surface area contributed by atoms with Gasteiger partial charge in [-0.3, -0.25) is 9.69 Å². The number of piperidine rings is 1. The maximum atomic E-state index is 13.0. The van der Waals surface area contributed by atoms with Gasteiger partial charge in [-0.15, -0.1) is 0 Å². The van der Waals surface area contributed by atoms with Gasteiger partial charge < -0.3 is 25.4 Å². The molecule has 0 saturated carbocycles. The van der Waals surface area contributed by atoms with Crippen LogP contribution in [-0.2, 0) is 16.1 Å². The lowest BCUT2D eigenvalue weighted by molar-refractivity contribution is -0.145. The zero-order valence-corrected chi connectivity index (χ0v) is 16.4. The van der Waals surface area contributed by atoms with Crippen LogP contribution < -0.4 is 15.8 Å². The van der Waals surface area contributed by atoms with Gasteiger partial charge in [-0.1, -0.05) is 18.2 Å². The molecule has 154 valence electrons. The predicted molar refractivity (Wildman–Crippen MR) is 105 cm³/mol. The first-order chi connectivity index (χ1) is 13.6. The minimum atomic E-state index is -0.883. The molecule has 0 bridgehead atoms. The molecule has 8 nitrogen and oxygen atoms in total. The summed E-state index contributed by atoms with van der Waals surface area (Å²) in [5, 5.41) is 3.27. The number of hydrogen-bond donors (Lipinski definition) is 2. The molecule has 0 radical (unpaired) electrons. The number of primary amides is 1. The molecule has 1 aromatic rings. The molecule has 2 aliphatic rings. The number of hydrogen-bond acceptors (Lipinski definition) is 6. The smallest absolute Gasteiger partial charge is 0.405 e. The largest absolute Gasteiger partial charge is 0.496 e. The lowest BCUT2D eigenvalue weighted by Crippen LogP contribution is -2.54. The van der Waals surface area contributed by atoms with Crippen LogP contribution in [0.1, 0.15) is 18.4 Å². The van der Waals surface area contributed by atoms with Crippen LogP contribution in [0.2, 0.25) is 0 Å². The Morgan fingerprint density at radius 1 is 1.18 bits per heavy atom. The number of methoxy groups -OCH3 is 1. The lowest BCUT2D eigenvalue weighted by atomic mass is 9.91. The minimum absolute atomic E-state index is 0.0212. The summed E-state index contributed by atoms with van der Waals surface area (Å²) in [4.78, 5) is 28.5. The second-order valence-electron chi connectivity index (χ2n) is 7.36. The SMILES string of the molecule is COc1ccccc1CN1CCN(C(=O)C(OC(N)=O)C2CCNCC2)CC1. The van der Waals surface area contributed by atoms with Crippen molar-refractivity contribution >= 4 is 12.0 Å². The van der Waals surface area contributed by atoms with E-state index in [0.717, 1.165) is 56.9 Å². The summed E-state index contributed by atoms with van der Waals surface area (Å²) in [5.41, 5.74) is 6.37. The molecule has 2 fully saturated rings. The van der Waals surface area contributed by atoms with Crippen LogP contribution in [0.4, 0.5) is 4.79 Å². The maximum absolute atomic E-state index is 13.0. The molecule has 28 heavy (non-hydrogen) atoms. The quantitative estimate of drug-likeness (QED) is 0.746. The summed E-state index contributed by atoms with van der Waals surface area (Å²) >= 11 is 0. The van der Waals surface area contributed by atoms with Gasteiger partial charge in [0, 0.05) is 44.2 Å². The van der Waals surface area contributed by atoms with Gasteiger partial charge >= 0.3 is 6.09 Å². The van der Waals surface area contributed by atoms with Crippen molar-refractivity contribution in [2.75, 3.05) is 46.4 Å². The Morgan fingerprint density at radius 3 is 2.50 bits per heavy atom. The van der Waals surface area contributed by atoms with Gasteiger partial charge in [-0.25, -0.2) is 4.79 Å². The Hall–Kier alpha value is -2.32. The summed E-state index contributed by atoms with van der Waals surface area (Å²) in [7, 11) is 1.68. The number of nitrogens with two attached hydrogens (primary N) is 1. The molecule has 1 aromatic carbocycles. The fourth-order valence-corrected chi connectivity index (χ4v) is 4.00. The number of rotatable bonds is 6. The van der Waals surface area contributed by atoms with Gasteiger partial charge in [-0.05, 0) is 32.0 Å². The number of amides is 2. The summed E-state index contributed by atoms with van der Waals surface area (Å²) < 4.78 is 10.7. The third-order valence-electron chi connectivity index (χ3n) is 5.57. The Balaban J connectivity index is 1.57. The van der Waals surface area contributed by atoms with Crippen molar-refractivity contribution in [3.05, 3.63) is 29.8 Å². The van der Waals surface area contributed by atoms with Gasteiger partial charge in [0.15, 0.2) is 6.10 Å². The van der Waals surface area contributed by atoms with Crippen molar-refractivity contribution in [2.45, 2.75) is 25.5 Å². The first-order valence-corrected chi connectivity index (χ1v) is 9.88. The van der Waals surface area contributed by atoms with E-state index in [-0.39, 0.29) is 11.8 Å². The van der Waals surface area contributed by atoms with Gasteiger partial charge in [0.25, 0.3) is 5.91 Å². The Kier molecular flexibility index (Phi) is 7.11. The summed E-state index contributed by atoms with van der Waals surface area (Å²) in [6.07, 6.45) is -0.0541. The highest BCUT2D eigenvalue weighted by Gasteiger charge is 2.36. The molecular formula is C20H30N4O4. The number of para-hydroxylation sites is 1. The standard InChI is InChI=1S/C20H30N4O4/c1-27-17-5-3-2-4-16(17)14-23-10-12-24(13-11-23)19(25)18(28-20(21)26)15-6-8-22-9-7-15/h2-5,15,18,22H,6-14H2,1H3,(H2,21,26). The number of nitrogens with zero attached hydrogens (tertiary/aromatic N) is 2. The van der Waals surface area contributed by atoms with Crippen LogP contribution >= 0.6 is 0 Å². The number of carbonyl (C=O) groups is 2. The molecule has 0 spiro atoms. The van der Waals surface area contributed by atoms with E-state index < -0.39 is 12.2 Å². The normalized spacial score (nSPS) is 19.8. The lowest BCUT2D eigenvalue weighted by Gasteiger charge is -2.38. The predicted octanol–water partition coefficient (Wildman–Crippen LogP) is 0.803. The topological polar surface area (TPSA) is 97.1 Å². The van der Waals surface area contributed by atoms with E-state index in [1.54, 1.807) is 12.0 Å². The second-order valence-corrected chi connectivity index (χ2v) is 7.36. The zero-order chi connectivity index (χ0) is 19.9. The van der Waals surface area contributed by atoms with Gasteiger partial charge in [0.2, 0.25) is 0 Å². The van der Waals surface area contributed by atoms with Crippen LogP contribution in [0.25, 0.3) is 0 Å². The number of carbonyl (C=O) groups excluding carboxylic acids is 2. The van der Waals surface area contributed by atoms with Gasteiger partial charge in [0.05, 0.1) is 7.11 Å². The maximum Gasteiger partial charge on any atom is 0.405 e. The fourth-order valence-electron chi connectivity index (χ4n) is 4.00. The monoisotopic (exact) mass is 390 g/mol. The molecule has 1 atom stereocenters. The molecule has 3 N–H and O–H groups in total. The zero-order valence-electron chi connectivity index (χ0n) is 16.4. The number of nitrogens with one attached hydrogen (secondary N) is 1. The van der Waals surface area contributed by atoms with E-state index in [0.29, 0.717) is 13.1 Å². The minimum Gasteiger partial charge on any atom is -0.496 e. The fraction of sp³-hybridized carbons (Fsp3) is 0.600. The molecule has 2 saturated heterocycles. The highest BCUT2D eigenvalue weighted by molar-refractivity contribution is 5.83. The average Bonchev–Trinajstić information content (AvgIpc) is 2.73. The van der Waals surface area contributed by atoms with E-state index in [4.69, 9.17) is 15.2 Å². The van der Waals surface area contributed by atoms with Crippen LogP contribution in [0, 0.1) is 5.92 Å². The molecule has 3 rings (SSSR count). The molecule has 2 heterocycles. The van der Waals surface area contributed by atoms with Crippen LogP contribution in [0.3, 0.4) is 0 Å². The van der Waals surface area contributed by atoms with Crippen molar-refractivity contribution in [3.63, 3.8) is 0 Å². The first-order valence-electron chi connectivity index (χ1n) is 9.88. The van der Waals surface area contributed by atoms with Crippen LogP contribution in [-0.4, -0.2) is 74.3 Å². The average molecular weight is 390 g/mol. The van der Waals surface area contributed by atoms with Crippen LogP contribution in [0.15, 0.2) is 24.3 Å². The van der Waals surface area contributed by atoms with Crippen molar-refractivity contribution in [3.8, 4) is 5.75 Å². The summed E-state index contributed by atoms with van der Waals surface area (Å²) in [5.74, 6) is 0.775. The highest BCUT2D eigenvalue weighted by atomic mass is 16.6. The van der Waals surface area contributed by atoms with Crippen molar-refractivity contribution < 1.29 is 19.1 Å². The van der Waals surface area contributed by atoms with Crippen molar-refractivity contribution in [1.82, 2.24) is 15.1 Å². The van der Waals surface area contributed by atoms with E-state index >= 15 is 0 Å². The Bertz CT molecular complexity index is 670.